The van der Waals surface area contributed by atoms with E-state index in [4.69, 9.17) is 5.73 Å². The SMILES string of the molecule is NC(CC1CC1)C(=O)Nc1cc(Br)c(F)cc1F. The summed E-state index contributed by atoms with van der Waals surface area (Å²) in [6, 6.07) is 1.25. The summed E-state index contributed by atoms with van der Waals surface area (Å²) < 4.78 is 26.5. The predicted octanol–water partition coefficient (Wildman–Crippen LogP) is 2.79. The fraction of sp³-hybridized carbons (Fsp3) is 0.417. The van der Waals surface area contributed by atoms with Crippen LogP contribution < -0.4 is 11.1 Å². The molecule has 0 aromatic heterocycles. The molecular weight excluding hydrogens is 306 g/mol. The smallest absolute Gasteiger partial charge is 0.241 e. The zero-order chi connectivity index (χ0) is 13.3. The molecule has 1 aromatic carbocycles. The Morgan fingerprint density at radius 1 is 1.44 bits per heavy atom. The maximum absolute atomic E-state index is 13.4. The third kappa shape index (κ3) is 3.26. The normalized spacial score (nSPS) is 16.4. The van der Waals surface area contributed by atoms with Crippen molar-refractivity contribution in [2.75, 3.05) is 5.32 Å². The molecule has 0 bridgehead atoms. The highest BCUT2D eigenvalue weighted by molar-refractivity contribution is 9.10. The van der Waals surface area contributed by atoms with Crippen molar-refractivity contribution in [3.63, 3.8) is 0 Å². The molecule has 98 valence electrons. The number of carbonyl (C=O) groups excluding carboxylic acids is 1. The number of nitrogens with two attached hydrogens (primary N) is 1. The second-order valence-corrected chi connectivity index (χ2v) is 5.38. The van der Waals surface area contributed by atoms with Crippen molar-refractivity contribution in [3.8, 4) is 0 Å². The standard InChI is InChI=1S/C12H13BrF2N2O/c13-7-4-11(9(15)5-8(7)14)17-12(18)10(16)3-6-1-2-6/h4-6,10H,1-3,16H2,(H,17,18). The maximum Gasteiger partial charge on any atom is 0.241 e. The summed E-state index contributed by atoms with van der Waals surface area (Å²) in [6.07, 6.45) is 2.80. The van der Waals surface area contributed by atoms with Gasteiger partial charge in [-0.1, -0.05) is 12.8 Å². The van der Waals surface area contributed by atoms with Gasteiger partial charge in [-0.3, -0.25) is 4.79 Å². The third-order valence-corrected chi connectivity index (χ3v) is 3.50. The Morgan fingerprint density at radius 2 is 2.11 bits per heavy atom. The molecule has 3 N–H and O–H groups in total. The van der Waals surface area contributed by atoms with Gasteiger partial charge in [0.15, 0.2) is 0 Å². The first-order valence-electron chi connectivity index (χ1n) is 5.68. The van der Waals surface area contributed by atoms with Crippen LogP contribution in [0.4, 0.5) is 14.5 Å². The van der Waals surface area contributed by atoms with Gasteiger partial charge in [0.2, 0.25) is 5.91 Å². The number of carbonyl (C=O) groups is 1. The summed E-state index contributed by atoms with van der Waals surface area (Å²) >= 11 is 2.93. The number of halogens is 3. The molecule has 0 spiro atoms. The van der Waals surface area contributed by atoms with Crippen molar-refractivity contribution in [3.05, 3.63) is 28.2 Å². The van der Waals surface area contributed by atoms with Crippen molar-refractivity contribution >= 4 is 27.5 Å². The van der Waals surface area contributed by atoms with Gasteiger partial charge in [0.05, 0.1) is 16.2 Å². The lowest BCUT2D eigenvalue weighted by Crippen LogP contribution is -2.36. The van der Waals surface area contributed by atoms with Crippen LogP contribution in [0, 0.1) is 17.6 Å². The third-order valence-electron chi connectivity index (χ3n) is 2.89. The monoisotopic (exact) mass is 318 g/mol. The molecule has 0 aliphatic heterocycles. The summed E-state index contributed by atoms with van der Waals surface area (Å²) in [4.78, 5) is 11.7. The molecule has 6 heteroatoms. The van der Waals surface area contributed by atoms with E-state index in [0.717, 1.165) is 12.8 Å². The van der Waals surface area contributed by atoms with Crippen molar-refractivity contribution < 1.29 is 13.6 Å². The Labute approximate surface area is 112 Å². The summed E-state index contributed by atoms with van der Waals surface area (Å²) in [6.45, 7) is 0. The molecule has 1 amide bonds. The number of nitrogens with one attached hydrogen (secondary N) is 1. The van der Waals surface area contributed by atoms with Crippen LogP contribution in [-0.2, 0) is 4.79 Å². The van der Waals surface area contributed by atoms with Crippen LogP contribution in [0.3, 0.4) is 0 Å². The number of hydrogen-bond acceptors (Lipinski definition) is 2. The number of benzene rings is 1. The highest BCUT2D eigenvalue weighted by Crippen LogP contribution is 2.33. The largest absolute Gasteiger partial charge is 0.322 e. The second kappa shape index (κ2) is 5.32. The van der Waals surface area contributed by atoms with Crippen LogP contribution in [-0.4, -0.2) is 11.9 Å². The van der Waals surface area contributed by atoms with Crippen molar-refractivity contribution in [2.45, 2.75) is 25.3 Å². The van der Waals surface area contributed by atoms with Crippen molar-refractivity contribution in [1.82, 2.24) is 0 Å². The quantitative estimate of drug-likeness (QED) is 0.839. The van der Waals surface area contributed by atoms with Gasteiger partial charge in [-0.25, -0.2) is 8.78 Å². The summed E-state index contributed by atoms with van der Waals surface area (Å²) in [5, 5.41) is 2.38. The molecular formula is C12H13BrF2N2O. The highest BCUT2D eigenvalue weighted by Gasteiger charge is 2.27. The summed E-state index contributed by atoms with van der Waals surface area (Å²) in [5.74, 6) is -1.47. The van der Waals surface area contributed by atoms with E-state index in [1.165, 1.54) is 6.07 Å². The molecule has 1 aromatic rings. The van der Waals surface area contributed by atoms with E-state index in [0.29, 0.717) is 18.4 Å². The Hall–Kier alpha value is -1.01. The molecule has 1 fully saturated rings. The molecule has 1 aliphatic rings. The number of rotatable bonds is 4. The van der Waals surface area contributed by atoms with Gasteiger partial charge in [0.1, 0.15) is 11.6 Å². The second-order valence-electron chi connectivity index (χ2n) is 4.52. The Bertz CT molecular complexity index is 477. The molecule has 1 unspecified atom stereocenters. The molecule has 2 rings (SSSR count). The maximum atomic E-state index is 13.4. The first-order valence-corrected chi connectivity index (χ1v) is 6.47. The molecule has 0 saturated heterocycles. The van der Waals surface area contributed by atoms with Gasteiger partial charge in [-0.2, -0.15) is 0 Å². The summed E-state index contributed by atoms with van der Waals surface area (Å²) in [7, 11) is 0. The highest BCUT2D eigenvalue weighted by atomic mass is 79.9. The van der Waals surface area contributed by atoms with Crippen LogP contribution in [0.1, 0.15) is 19.3 Å². The number of amides is 1. The van der Waals surface area contributed by atoms with Crippen molar-refractivity contribution in [1.29, 1.82) is 0 Å². The zero-order valence-electron chi connectivity index (χ0n) is 9.55. The van der Waals surface area contributed by atoms with Crippen molar-refractivity contribution in [2.24, 2.45) is 11.7 Å². The zero-order valence-corrected chi connectivity index (χ0v) is 11.1. The minimum absolute atomic E-state index is 0.0699. The van der Waals surface area contributed by atoms with E-state index >= 15 is 0 Å². The molecule has 18 heavy (non-hydrogen) atoms. The molecule has 3 nitrogen and oxygen atoms in total. The van der Waals surface area contributed by atoms with Crippen LogP contribution in [0.25, 0.3) is 0 Å². The first-order chi connectivity index (χ1) is 8.47. The lowest BCUT2D eigenvalue weighted by molar-refractivity contribution is -0.117. The molecule has 0 radical (unpaired) electrons. The lowest BCUT2D eigenvalue weighted by Gasteiger charge is -2.12. The van der Waals surface area contributed by atoms with E-state index in [2.05, 4.69) is 21.2 Å². The summed E-state index contributed by atoms with van der Waals surface area (Å²) in [5.41, 5.74) is 5.63. The van der Waals surface area contributed by atoms with Crippen LogP contribution in [0.5, 0.6) is 0 Å². The Balaban J connectivity index is 2.03. The van der Waals surface area contributed by atoms with Gasteiger partial charge in [-0.15, -0.1) is 0 Å². The van der Waals surface area contributed by atoms with Gasteiger partial charge in [-0.05, 0) is 34.3 Å². The van der Waals surface area contributed by atoms with E-state index < -0.39 is 23.6 Å². The van der Waals surface area contributed by atoms with Gasteiger partial charge in [0, 0.05) is 6.07 Å². The predicted molar refractivity (Wildman–Crippen MR) is 68.0 cm³/mol. The molecule has 0 heterocycles. The van der Waals surface area contributed by atoms with Gasteiger partial charge < -0.3 is 11.1 Å². The van der Waals surface area contributed by atoms with E-state index in [-0.39, 0.29) is 10.2 Å². The van der Waals surface area contributed by atoms with Gasteiger partial charge in [0.25, 0.3) is 0 Å². The van der Waals surface area contributed by atoms with E-state index in [1.807, 2.05) is 0 Å². The first kappa shape index (κ1) is 13.4. The van der Waals surface area contributed by atoms with Crippen LogP contribution in [0.2, 0.25) is 0 Å². The minimum atomic E-state index is -0.817. The average molecular weight is 319 g/mol. The minimum Gasteiger partial charge on any atom is -0.322 e. The van der Waals surface area contributed by atoms with Crippen LogP contribution >= 0.6 is 15.9 Å². The van der Waals surface area contributed by atoms with E-state index in [1.54, 1.807) is 0 Å². The number of anilines is 1. The number of hydrogen-bond donors (Lipinski definition) is 2. The van der Waals surface area contributed by atoms with Gasteiger partial charge >= 0.3 is 0 Å². The van der Waals surface area contributed by atoms with Crippen LogP contribution in [0.15, 0.2) is 16.6 Å². The topological polar surface area (TPSA) is 55.1 Å². The average Bonchev–Trinajstić information content (AvgIpc) is 3.09. The Morgan fingerprint density at radius 3 is 2.72 bits per heavy atom. The van der Waals surface area contributed by atoms with E-state index in [9.17, 15) is 13.6 Å². The molecule has 1 saturated carbocycles. The molecule has 1 atom stereocenters. The fourth-order valence-electron chi connectivity index (χ4n) is 1.66. The fourth-order valence-corrected chi connectivity index (χ4v) is 2.01. The lowest BCUT2D eigenvalue weighted by atomic mass is 10.1. The molecule has 1 aliphatic carbocycles. The Kier molecular flexibility index (Phi) is 3.97.